The molecule has 3 rings (SSSR count). The monoisotopic (exact) mass is 330 g/mol. The van der Waals surface area contributed by atoms with Gasteiger partial charge in [0.05, 0.1) is 18.8 Å². The molecule has 24 heavy (non-hydrogen) atoms. The van der Waals surface area contributed by atoms with Crippen molar-refractivity contribution in [2.45, 2.75) is 38.8 Å². The van der Waals surface area contributed by atoms with Crippen LogP contribution in [0.1, 0.15) is 31.5 Å². The van der Waals surface area contributed by atoms with E-state index in [1.165, 1.54) is 0 Å². The maximum Gasteiger partial charge on any atom is 0.262 e. The Hall–Kier alpha value is -2.57. The van der Waals surface area contributed by atoms with Crippen molar-refractivity contribution in [3.63, 3.8) is 0 Å². The van der Waals surface area contributed by atoms with E-state index in [4.69, 9.17) is 9.26 Å². The number of nitrogens with one attached hydrogen (secondary N) is 1. The Morgan fingerprint density at radius 2 is 2.25 bits per heavy atom. The molecule has 1 aromatic heterocycles. The molecule has 0 saturated heterocycles. The van der Waals surface area contributed by atoms with Crippen LogP contribution >= 0.6 is 0 Å². The number of aromatic nitrogens is 2. The van der Waals surface area contributed by atoms with Gasteiger partial charge in [0.15, 0.2) is 11.9 Å². The van der Waals surface area contributed by atoms with E-state index in [9.17, 15) is 4.79 Å². The minimum absolute atomic E-state index is 0.149. The molecule has 0 spiro atoms. The van der Waals surface area contributed by atoms with Gasteiger partial charge < -0.3 is 19.5 Å². The lowest BCUT2D eigenvalue weighted by Crippen LogP contribution is -2.48. The Morgan fingerprint density at radius 1 is 1.42 bits per heavy atom. The van der Waals surface area contributed by atoms with Crippen molar-refractivity contribution in [3.05, 3.63) is 36.0 Å². The zero-order valence-corrected chi connectivity index (χ0v) is 14.0. The molecular formula is C17H22N4O3. The fourth-order valence-electron chi connectivity index (χ4n) is 2.71. The number of amides is 1. The molecule has 7 heteroatoms. The first-order chi connectivity index (χ1) is 11.7. The number of unbranched alkanes of at least 4 members (excludes halogenated alkanes) is 1. The van der Waals surface area contributed by atoms with Gasteiger partial charge in [0.1, 0.15) is 5.75 Å². The van der Waals surface area contributed by atoms with Gasteiger partial charge in [-0.05, 0) is 18.6 Å². The molecule has 7 nitrogen and oxygen atoms in total. The van der Waals surface area contributed by atoms with Crippen LogP contribution in [0.5, 0.6) is 5.75 Å². The summed E-state index contributed by atoms with van der Waals surface area (Å²) in [5, 5.41) is 6.66. The summed E-state index contributed by atoms with van der Waals surface area (Å²) in [6.07, 6.45) is 2.39. The van der Waals surface area contributed by atoms with Gasteiger partial charge in [-0.2, -0.15) is 4.98 Å². The number of nitrogens with zero attached hydrogens (tertiary/aromatic N) is 3. The quantitative estimate of drug-likeness (QED) is 0.872. The second-order valence-corrected chi connectivity index (χ2v) is 5.78. The summed E-state index contributed by atoms with van der Waals surface area (Å²) in [6, 6.07) is 7.65. The minimum atomic E-state index is -0.563. The third-order valence-corrected chi connectivity index (χ3v) is 3.99. The van der Waals surface area contributed by atoms with Gasteiger partial charge in [-0.1, -0.05) is 30.6 Å². The average molecular weight is 330 g/mol. The molecule has 0 fully saturated rings. The summed E-state index contributed by atoms with van der Waals surface area (Å²) in [6.45, 7) is 3.01. The highest BCUT2D eigenvalue weighted by Gasteiger charge is 2.30. The molecule has 1 aliphatic rings. The van der Waals surface area contributed by atoms with Gasteiger partial charge in [-0.15, -0.1) is 0 Å². The topological polar surface area (TPSA) is 80.5 Å². The molecule has 2 heterocycles. The van der Waals surface area contributed by atoms with E-state index in [1.54, 1.807) is 7.05 Å². The van der Waals surface area contributed by atoms with Crippen LogP contribution in [0.2, 0.25) is 0 Å². The number of fused-ring (bicyclic) bond motifs is 1. The van der Waals surface area contributed by atoms with Gasteiger partial charge in [-0.3, -0.25) is 4.79 Å². The van der Waals surface area contributed by atoms with Crippen LogP contribution in [0.3, 0.4) is 0 Å². The number of para-hydroxylation sites is 2. The SMILES string of the molecule is CCCCc1noc(CN2C[C@H](C(=O)NC)Oc3ccccc32)n1. The van der Waals surface area contributed by atoms with E-state index in [0.717, 1.165) is 30.8 Å². The zero-order chi connectivity index (χ0) is 16.9. The van der Waals surface area contributed by atoms with E-state index >= 15 is 0 Å². The second kappa shape index (κ2) is 7.33. The smallest absolute Gasteiger partial charge is 0.262 e. The van der Waals surface area contributed by atoms with E-state index in [2.05, 4.69) is 22.4 Å². The highest BCUT2D eigenvalue weighted by molar-refractivity contribution is 5.83. The number of rotatable bonds is 6. The van der Waals surface area contributed by atoms with Gasteiger partial charge >= 0.3 is 0 Å². The molecule has 1 aliphatic heterocycles. The van der Waals surface area contributed by atoms with Crippen LogP contribution in [0.15, 0.2) is 28.8 Å². The van der Waals surface area contributed by atoms with Crippen molar-refractivity contribution in [3.8, 4) is 5.75 Å². The molecule has 0 aliphatic carbocycles. The summed E-state index contributed by atoms with van der Waals surface area (Å²) >= 11 is 0. The van der Waals surface area contributed by atoms with Crippen molar-refractivity contribution >= 4 is 11.6 Å². The lowest BCUT2D eigenvalue weighted by Gasteiger charge is -2.34. The summed E-state index contributed by atoms with van der Waals surface area (Å²) < 4.78 is 11.1. The third-order valence-electron chi connectivity index (χ3n) is 3.99. The first-order valence-electron chi connectivity index (χ1n) is 8.25. The molecule has 0 bridgehead atoms. The standard InChI is InChI=1S/C17H22N4O3/c1-3-4-9-15-19-16(24-20-15)11-21-10-14(17(22)18-2)23-13-8-6-5-7-12(13)21/h5-8,14H,3-4,9-11H2,1-2H3,(H,18,22)/t14-/m1/s1. The first-order valence-corrected chi connectivity index (χ1v) is 8.25. The number of benzene rings is 1. The van der Waals surface area contributed by atoms with Gasteiger partial charge in [0.25, 0.3) is 5.91 Å². The summed E-state index contributed by atoms with van der Waals surface area (Å²) in [4.78, 5) is 18.5. The zero-order valence-electron chi connectivity index (χ0n) is 14.0. The Bertz CT molecular complexity index is 701. The van der Waals surface area contributed by atoms with Gasteiger partial charge in [0.2, 0.25) is 5.89 Å². The molecule has 1 amide bonds. The highest BCUT2D eigenvalue weighted by atomic mass is 16.5. The summed E-state index contributed by atoms with van der Waals surface area (Å²) in [5.74, 6) is 1.82. The Balaban J connectivity index is 1.78. The fourth-order valence-corrected chi connectivity index (χ4v) is 2.71. The van der Waals surface area contributed by atoms with Crippen molar-refractivity contribution < 1.29 is 14.1 Å². The second-order valence-electron chi connectivity index (χ2n) is 5.78. The molecule has 0 radical (unpaired) electrons. The van der Waals surface area contributed by atoms with E-state index in [-0.39, 0.29) is 5.91 Å². The summed E-state index contributed by atoms with van der Waals surface area (Å²) in [7, 11) is 1.61. The van der Waals surface area contributed by atoms with Crippen LogP contribution in [-0.4, -0.2) is 35.7 Å². The number of carbonyl (C=O) groups is 1. The molecule has 0 unspecified atom stereocenters. The number of hydrogen-bond donors (Lipinski definition) is 1. The lowest BCUT2D eigenvalue weighted by atomic mass is 10.1. The van der Waals surface area contributed by atoms with Crippen molar-refractivity contribution in [1.82, 2.24) is 15.5 Å². The number of carbonyl (C=O) groups excluding carboxylic acids is 1. The molecular weight excluding hydrogens is 308 g/mol. The van der Waals surface area contributed by atoms with Crippen molar-refractivity contribution in [1.29, 1.82) is 0 Å². The number of likely N-dealkylation sites (N-methyl/N-ethyl adjacent to an activating group) is 1. The molecule has 2 aromatic rings. The van der Waals surface area contributed by atoms with Crippen molar-refractivity contribution in [2.75, 3.05) is 18.5 Å². The average Bonchev–Trinajstić information content (AvgIpc) is 3.06. The van der Waals surface area contributed by atoms with Crippen molar-refractivity contribution in [2.24, 2.45) is 0 Å². The maximum absolute atomic E-state index is 12.0. The molecule has 1 atom stereocenters. The molecule has 0 saturated carbocycles. The van der Waals surface area contributed by atoms with Crippen LogP contribution in [0.4, 0.5) is 5.69 Å². The lowest BCUT2D eigenvalue weighted by molar-refractivity contribution is -0.127. The van der Waals surface area contributed by atoms with E-state index < -0.39 is 6.10 Å². The predicted octanol–water partition coefficient (Wildman–Crippen LogP) is 1.93. The first kappa shape index (κ1) is 16.3. The van der Waals surface area contributed by atoms with E-state index in [0.29, 0.717) is 24.7 Å². The predicted molar refractivity (Wildman–Crippen MR) is 88.9 cm³/mol. The van der Waals surface area contributed by atoms with Gasteiger partial charge in [-0.25, -0.2) is 0 Å². The minimum Gasteiger partial charge on any atom is -0.477 e. The Kier molecular flexibility index (Phi) is 4.98. The summed E-state index contributed by atoms with van der Waals surface area (Å²) in [5.41, 5.74) is 0.922. The number of hydrogen-bond acceptors (Lipinski definition) is 6. The van der Waals surface area contributed by atoms with Gasteiger partial charge in [0, 0.05) is 13.5 Å². The number of aryl methyl sites for hydroxylation is 1. The highest BCUT2D eigenvalue weighted by Crippen LogP contribution is 2.33. The Labute approximate surface area is 141 Å². The van der Waals surface area contributed by atoms with Crippen LogP contribution in [-0.2, 0) is 17.8 Å². The molecule has 128 valence electrons. The normalized spacial score (nSPS) is 16.4. The number of ether oxygens (including phenoxy) is 1. The number of anilines is 1. The van der Waals surface area contributed by atoms with Crippen LogP contribution in [0.25, 0.3) is 0 Å². The molecule has 1 aromatic carbocycles. The Morgan fingerprint density at radius 3 is 3.04 bits per heavy atom. The van der Waals surface area contributed by atoms with Crippen LogP contribution in [0, 0.1) is 0 Å². The maximum atomic E-state index is 12.0. The van der Waals surface area contributed by atoms with E-state index in [1.807, 2.05) is 29.2 Å². The van der Waals surface area contributed by atoms with Crippen LogP contribution < -0.4 is 15.0 Å². The largest absolute Gasteiger partial charge is 0.477 e. The molecule has 1 N–H and O–H groups in total. The third kappa shape index (κ3) is 3.50. The fraction of sp³-hybridized carbons (Fsp3) is 0.471.